The molecule has 18 heavy (non-hydrogen) atoms. The van der Waals surface area contributed by atoms with Gasteiger partial charge in [0.15, 0.2) is 5.75 Å². The molecule has 0 spiro atoms. The van der Waals surface area contributed by atoms with Crippen molar-refractivity contribution >= 4 is 12.2 Å². The van der Waals surface area contributed by atoms with Crippen LogP contribution >= 0.6 is 0 Å². The van der Waals surface area contributed by atoms with Crippen molar-refractivity contribution in [1.29, 1.82) is 0 Å². The Kier molecular flexibility index (Phi) is 6.26. The highest BCUT2D eigenvalue weighted by atomic mass is 16.5. The molecule has 0 saturated carbocycles. The van der Waals surface area contributed by atoms with E-state index < -0.39 is 0 Å². The number of hydrogen-bond donors (Lipinski definition) is 0. The second-order valence-corrected chi connectivity index (χ2v) is 4.52. The van der Waals surface area contributed by atoms with Gasteiger partial charge in [-0.05, 0) is 25.0 Å². The van der Waals surface area contributed by atoms with E-state index in [1.54, 1.807) is 0 Å². The molecule has 3 nitrogen and oxygen atoms in total. The van der Waals surface area contributed by atoms with Gasteiger partial charge in [0.05, 0.1) is 5.69 Å². The molecule has 0 aromatic heterocycles. The normalized spacial score (nSPS) is 10.4. The largest absolute Gasteiger partial charge is 0.427 e. The van der Waals surface area contributed by atoms with Crippen molar-refractivity contribution in [3.05, 3.63) is 24.3 Å². The van der Waals surface area contributed by atoms with Crippen LogP contribution in [0.1, 0.15) is 39.5 Å². The average Bonchev–Trinajstić information content (AvgIpc) is 2.39. The highest BCUT2D eigenvalue weighted by Crippen LogP contribution is 2.30. The third kappa shape index (κ3) is 3.76. The SMILES string of the molecule is CCCC(CCC)N(C)c1ccccc1OC=O. The second-order valence-electron chi connectivity index (χ2n) is 4.52. The monoisotopic (exact) mass is 249 g/mol. The van der Waals surface area contributed by atoms with Crippen molar-refractivity contribution in [3.8, 4) is 5.75 Å². The van der Waals surface area contributed by atoms with Crippen molar-refractivity contribution in [2.24, 2.45) is 0 Å². The van der Waals surface area contributed by atoms with Gasteiger partial charge in [0.1, 0.15) is 0 Å². The highest BCUT2D eigenvalue weighted by Gasteiger charge is 2.16. The van der Waals surface area contributed by atoms with Crippen molar-refractivity contribution in [3.63, 3.8) is 0 Å². The van der Waals surface area contributed by atoms with E-state index in [1.807, 2.05) is 24.3 Å². The molecule has 0 bridgehead atoms. The van der Waals surface area contributed by atoms with Crippen molar-refractivity contribution in [1.82, 2.24) is 0 Å². The number of para-hydroxylation sites is 2. The molecule has 100 valence electrons. The van der Waals surface area contributed by atoms with E-state index in [-0.39, 0.29) is 0 Å². The summed E-state index contributed by atoms with van der Waals surface area (Å²) in [6, 6.07) is 8.17. The maximum Gasteiger partial charge on any atom is 0.298 e. The van der Waals surface area contributed by atoms with Gasteiger partial charge in [0.25, 0.3) is 6.47 Å². The van der Waals surface area contributed by atoms with Crippen LogP contribution in [-0.2, 0) is 4.79 Å². The molecule has 0 amide bonds. The summed E-state index contributed by atoms with van der Waals surface area (Å²) in [6.45, 7) is 4.88. The molecule has 0 unspecified atom stereocenters. The predicted molar refractivity (Wildman–Crippen MR) is 75.1 cm³/mol. The molecule has 0 N–H and O–H groups in total. The quantitative estimate of drug-likeness (QED) is 0.659. The van der Waals surface area contributed by atoms with Crippen LogP contribution in [0.3, 0.4) is 0 Å². The first-order valence-electron chi connectivity index (χ1n) is 6.66. The lowest BCUT2D eigenvalue weighted by atomic mass is 10.0. The minimum Gasteiger partial charge on any atom is -0.427 e. The van der Waals surface area contributed by atoms with Crippen LogP contribution in [0, 0.1) is 0 Å². The van der Waals surface area contributed by atoms with E-state index in [0.29, 0.717) is 18.3 Å². The fourth-order valence-corrected chi connectivity index (χ4v) is 2.29. The molecule has 0 aliphatic rings. The molecule has 3 heteroatoms. The Balaban J connectivity index is 2.91. The average molecular weight is 249 g/mol. The van der Waals surface area contributed by atoms with Crippen LogP contribution in [0.4, 0.5) is 5.69 Å². The lowest BCUT2D eigenvalue weighted by molar-refractivity contribution is -0.120. The van der Waals surface area contributed by atoms with Crippen LogP contribution in [-0.4, -0.2) is 19.6 Å². The second kappa shape index (κ2) is 7.75. The van der Waals surface area contributed by atoms with Gasteiger partial charge in [0, 0.05) is 13.1 Å². The smallest absolute Gasteiger partial charge is 0.298 e. The zero-order chi connectivity index (χ0) is 13.4. The van der Waals surface area contributed by atoms with Gasteiger partial charge >= 0.3 is 0 Å². The molecule has 1 aromatic carbocycles. The van der Waals surface area contributed by atoms with E-state index >= 15 is 0 Å². The summed E-state index contributed by atoms with van der Waals surface area (Å²) in [5.74, 6) is 0.632. The molecule has 0 saturated heterocycles. The minimum atomic E-state index is 0.487. The summed E-state index contributed by atoms with van der Waals surface area (Å²) in [4.78, 5) is 12.8. The molecular weight excluding hydrogens is 226 g/mol. The summed E-state index contributed by atoms with van der Waals surface area (Å²) in [5, 5.41) is 0. The van der Waals surface area contributed by atoms with Crippen molar-refractivity contribution < 1.29 is 9.53 Å². The molecule has 0 radical (unpaired) electrons. The first-order valence-corrected chi connectivity index (χ1v) is 6.66. The van der Waals surface area contributed by atoms with Gasteiger partial charge in [-0.25, -0.2) is 0 Å². The van der Waals surface area contributed by atoms with Gasteiger partial charge in [-0.3, -0.25) is 4.79 Å². The van der Waals surface area contributed by atoms with E-state index in [1.165, 1.54) is 0 Å². The van der Waals surface area contributed by atoms with Crippen LogP contribution in [0.2, 0.25) is 0 Å². The van der Waals surface area contributed by atoms with Crippen LogP contribution in [0.15, 0.2) is 24.3 Å². The number of ether oxygens (including phenoxy) is 1. The van der Waals surface area contributed by atoms with Crippen LogP contribution in [0.25, 0.3) is 0 Å². The zero-order valence-corrected chi connectivity index (χ0v) is 11.6. The Hall–Kier alpha value is -1.51. The van der Waals surface area contributed by atoms with Gasteiger partial charge in [-0.1, -0.05) is 38.8 Å². The standard InChI is InChI=1S/C15H23NO2/c1-4-8-13(9-5-2)16(3)14-10-6-7-11-15(14)18-12-17/h6-7,10-13H,4-5,8-9H2,1-3H3. The summed E-state index contributed by atoms with van der Waals surface area (Å²) >= 11 is 0. The molecule has 0 fully saturated rings. The molecule has 1 aromatic rings. The Labute approximate surface area is 110 Å². The first kappa shape index (κ1) is 14.6. The molecular formula is C15H23NO2. The highest BCUT2D eigenvalue weighted by molar-refractivity contribution is 5.62. The summed E-state index contributed by atoms with van der Waals surface area (Å²) < 4.78 is 5.04. The minimum absolute atomic E-state index is 0.487. The molecule has 0 atom stereocenters. The number of benzene rings is 1. The van der Waals surface area contributed by atoms with E-state index in [9.17, 15) is 4.79 Å². The third-order valence-corrected chi connectivity index (χ3v) is 3.21. The molecule has 1 rings (SSSR count). The fraction of sp³-hybridized carbons (Fsp3) is 0.533. The number of rotatable bonds is 8. The lowest BCUT2D eigenvalue weighted by Crippen LogP contribution is -2.31. The Bertz CT molecular complexity index is 359. The third-order valence-electron chi connectivity index (χ3n) is 3.21. The van der Waals surface area contributed by atoms with Crippen LogP contribution < -0.4 is 9.64 Å². The van der Waals surface area contributed by atoms with Gasteiger partial charge in [-0.2, -0.15) is 0 Å². The van der Waals surface area contributed by atoms with Gasteiger partial charge in [-0.15, -0.1) is 0 Å². The number of carbonyl (C=O) groups excluding carboxylic acids is 1. The Morgan fingerprint density at radius 1 is 1.22 bits per heavy atom. The summed E-state index contributed by atoms with van der Waals surface area (Å²) in [7, 11) is 2.07. The molecule has 0 heterocycles. The van der Waals surface area contributed by atoms with E-state index in [2.05, 4.69) is 25.8 Å². The van der Waals surface area contributed by atoms with Gasteiger partial charge in [0.2, 0.25) is 0 Å². The summed E-state index contributed by atoms with van der Waals surface area (Å²) in [5.41, 5.74) is 0.983. The fourth-order valence-electron chi connectivity index (χ4n) is 2.29. The van der Waals surface area contributed by atoms with Crippen LogP contribution in [0.5, 0.6) is 5.75 Å². The zero-order valence-electron chi connectivity index (χ0n) is 11.6. The number of hydrogen-bond acceptors (Lipinski definition) is 3. The first-order chi connectivity index (χ1) is 8.74. The maximum absolute atomic E-state index is 10.5. The predicted octanol–water partition coefficient (Wildman–Crippen LogP) is 3.63. The Morgan fingerprint density at radius 3 is 2.39 bits per heavy atom. The van der Waals surface area contributed by atoms with Crippen molar-refractivity contribution in [2.45, 2.75) is 45.6 Å². The van der Waals surface area contributed by atoms with Crippen molar-refractivity contribution in [2.75, 3.05) is 11.9 Å². The maximum atomic E-state index is 10.5. The van der Waals surface area contributed by atoms with E-state index in [4.69, 9.17) is 4.74 Å². The number of carbonyl (C=O) groups is 1. The topological polar surface area (TPSA) is 29.5 Å². The number of anilines is 1. The molecule has 0 aliphatic heterocycles. The van der Waals surface area contributed by atoms with E-state index in [0.717, 1.165) is 31.4 Å². The number of nitrogens with zero attached hydrogens (tertiary/aromatic N) is 1. The Morgan fingerprint density at radius 2 is 1.83 bits per heavy atom. The summed E-state index contributed by atoms with van der Waals surface area (Å²) in [6.07, 6.45) is 4.62. The van der Waals surface area contributed by atoms with Gasteiger partial charge < -0.3 is 9.64 Å². The lowest BCUT2D eigenvalue weighted by Gasteiger charge is -2.30. The molecule has 0 aliphatic carbocycles.